The fourth-order valence-corrected chi connectivity index (χ4v) is 1.58. The average molecular weight is 235 g/mol. The summed E-state index contributed by atoms with van der Waals surface area (Å²) in [7, 11) is -3.57. The number of sulfonamides is 1. The molecule has 15 heavy (non-hydrogen) atoms. The van der Waals surface area contributed by atoms with Gasteiger partial charge in [0.1, 0.15) is 11.6 Å². The number of anilines is 1. The monoisotopic (exact) mass is 235 g/mol. The first kappa shape index (κ1) is 11.9. The van der Waals surface area contributed by atoms with Gasteiger partial charge in [-0.3, -0.25) is 4.72 Å². The maximum atomic E-state index is 12.7. The molecule has 0 spiro atoms. The van der Waals surface area contributed by atoms with Crippen molar-refractivity contribution < 1.29 is 17.2 Å². The molecule has 0 aliphatic rings. The van der Waals surface area contributed by atoms with Crippen LogP contribution in [0.2, 0.25) is 0 Å². The highest BCUT2D eigenvalue weighted by Crippen LogP contribution is 2.15. The molecule has 0 radical (unpaired) electrons. The second kappa shape index (κ2) is 4.14. The van der Waals surface area contributed by atoms with E-state index in [4.69, 9.17) is 0 Å². The lowest BCUT2D eigenvalue weighted by atomic mass is 10.3. The van der Waals surface area contributed by atoms with Gasteiger partial charge in [0, 0.05) is 6.07 Å². The minimum atomic E-state index is -3.57. The van der Waals surface area contributed by atoms with Crippen LogP contribution in [0.1, 0.15) is 13.8 Å². The molecule has 1 rings (SSSR count). The largest absolute Gasteiger partial charge is 0.283 e. The van der Waals surface area contributed by atoms with E-state index in [0.717, 1.165) is 12.1 Å². The van der Waals surface area contributed by atoms with Crippen LogP contribution in [0.3, 0.4) is 0 Å². The third-order valence-electron chi connectivity index (χ3n) is 1.74. The van der Waals surface area contributed by atoms with E-state index < -0.39 is 26.9 Å². The Kier molecular flexibility index (Phi) is 3.28. The lowest BCUT2D eigenvalue weighted by Crippen LogP contribution is -2.22. The molecule has 1 N–H and O–H groups in total. The highest BCUT2D eigenvalue weighted by Gasteiger charge is 2.16. The molecule has 6 heteroatoms. The van der Waals surface area contributed by atoms with Crippen molar-refractivity contribution in [3.63, 3.8) is 0 Å². The molecule has 0 saturated heterocycles. The van der Waals surface area contributed by atoms with Crippen LogP contribution in [0.15, 0.2) is 18.2 Å². The molecule has 0 aliphatic heterocycles. The third kappa shape index (κ3) is 3.16. The second-order valence-corrected chi connectivity index (χ2v) is 5.59. The van der Waals surface area contributed by atoms with Crippen molar-refractivity contribution in [3.05, 3.63) is 29.8 Å². The van der Waals surface area contributed by atoms with Crippen molar-refractivity contribution in [1.29, 1.82) is 0 Å². The van der Waals surface area contributed by atoms with Gasteiger partial charge < -0.3 is 0 Å². The molecule has 0 heterocycles. The predicted molar refractivity (Wildman–Crippen MR) is 54.0 cm³/mol. The highest BCUT2D eigenvalue weighted by molar-refractivity contribution is 7.93. The SMILES string of the molecule is CC(C)S(=O)(=O)Nc1cc(F)cc(F)c1. The van der Waals surface area contributed by atoms with Gasteiger partial charge in [0.2, 0.25) is 10.0 Å². The first-order valence-corrected chi connectivity index (χ1v) is 5.83. The van der Waals surface area contributed by atoms with Crippen LogP contribution in [0.25, 0.3) is 0 Å². The summed E-state index contributed by atoms with van der Waals surface area (Å²) in [5.74, 6) is -1.65. The van der Waals surface area contributed by atoms with E-state index >= 15 is 0 Å². The van der Waals surface area contributed by atoms with Crippen LogP contribution < -0.4 is 4.72 Å². The first-order valence-electron chi connectivity index (χ1n) is 4.29. The Hall–Kier alpha value is -1.17. The summed E-state index contributed by atoms with van der Waals surface area (Å²) >= 11 is 0. The Labute approximate surface area is 87.2 Å². The number of benzene rings is 1. The van der Waals surface area contributed by atoms with Crippen LogP contribution in [0.4, 0.5) is 14.5 Å². The molecule has 1 aromatic carbocycles. The summed E-state index contributed by atoms with van der Waals surface area (Å²) in [6.45, 7) is 2.94. The molecular weight excluding hydrogens is 224 g/mol. The molecule has 0 fully saturated rings. The molecular formula is C9H11F2NO2S. The molecule has 84 valence electrons. The number of hydrogen-bond acceptors (Lipinski definition) is 2. The van der Waals surface area contributed by atoms with Gasteiger partial charge in [-0.05, 0) is 26.0 Å². The van der Waals surface area contributed by atoms with E-state index in [1.165, 1.54) is 13.8 Å². The maximum Gasteiger partial charge on any atom is 0.235 e. The molecule has 0 unspecified atom stereocenters. The Bertz CT molecular complexity index is 437. The van der Waals surface area contributed by atoms with Crippen LogP contribution in [0, 0.1) is 11.6 Å². The van der Waals surface area contributed by atoms with E-state index in [1.54, 1.807) is 0 Å². The molecule has 0 aliphatic carbocycles. The predicted octanol–water partition coefficient (Wildman–Crippen LogP) is 2.11. The van der Waals surface area contributed by atoms with Crippen molar-refractivity contribution in [2.24, 2.45) is 0 Å². The van der Waals surface area contributed by atoms with Crippen molar-refractivity contribution >= 4 is 15.7 Å². The summed E-state index contributed by atoms with van der Waals surface area (Å²) in [5, 5.41) is -0.663. The normalized spacial score (nSPS) is 11.8. The number of rotatable bonds is 3. The molecule has 3 nitrogen and oxygen atoms in total. The van der Waals surface area contributed by atoms with E-state index in [0.29, 0.717) is 6.07 Å². The van der Waals surface area contributed by atoms with Crippen molar-refractivity contribution in [2.75, 3.05) is 4.72 Å². The minimum absolute atomic E-state index is 0.110. The minimum Gasteiger partial charge on any atom is -0.283 e. The van der Waals surface area contributed by atoms with Crippen LogP contribution in [-0.2, 0) is 10.0 Å². The molecule has 0 bridgehead atoms. The summed E-state index contributed by atoms with van der Waals surface area (Å²) in [6, 6.07) is 2.51. The summed E-state index contributed by atoms with van der Waals surface area (Å²) in [6.07, 6.45) is 0. The zero-order chi connectivity index (χ0) is 11.6. The summed E-state index contributed by atoms with van der Waals surface area (Å²) in [5.41, 5.74) is -0.110. The summed E-state index contributed by atoms with van der Waals surface area (Å²) in [4.78, 5) is 0. The quantitative estimate of drug-likeness (QED) is 0.872. The van der Waals surface area contributed by atoms with Gasteiger partial charge in [-0.25, -0.2) is 17.2 Å². The Morgan fingerprint density at radius 2 is 1.60 bits per heavy atom. The smallest absolute Gasteiger partial charge is 0.235 e. The summed E-state index contributed by atoms with van der Waals surface area (Å²) < 4.78 is 50.3. The highest BCUT2D eigenvalue weighted by atomic mass is 32.2. The van der Waals surface area contributed by atoms with E-state index in [9.17, 15) is 17.2 Å². The van der Waals surface area contributed by atoms with Gasteiger partial charge in [0.05, 0.1) is 10.9 Å². The fourth-order valence-electron chi connectivity index (χ4n) is 0.895. The lowest BCUT2D eigenvalue weighted by molar-refractivity contribution is 0.583. The fraction of sp³-hybridized carbons (Fsp3) is 0.333. The standard InChI is InChI=1S/C9H11F2NO2S/c1-6(2)15(13,14)12-9-4-7(10)3-8(11)5-9/h3-6,12H,1-2H3. The van der Waals surface area contributed by atoms with Gasteiger partial charge >= 0.3 is 0 Å². The second-order valence-electron chi connectivity index (χ2n) is 3.35. The zero-order valence-electron chi connectivity index (χ0n) is 8.29. The number of hydrogen-bond donors (Lipinski definition) is 1. The zero-order valence-corrected chi connectivity index (χ0v) is 9.11. The molecule has 1 aromatic rings. The lowest BCUT2D eigenvalue weighted by Gasteiger charge is -2.10. The van der Waals surface area contributed by atoms with Crippen LogP contribution >= 0.6 is 0 Å². The van der Waals surface area contributed by atoms with Gasteiger partial charge in [-0.15, -0.1) is 0 Å². The van der Waals surface area contributed by atoms with Gasteiger partial charge in [-0.2, -0.15) is 0 Å². The third-order valence-corrected chi connectivity index (χ3v) is 3.50. The van der Waals surface area contributed by atoms with Gasteiger partial charge in [0.15, 0.2) is 0 Å². The Balaban J connectivity index is 3.00. The van der Waals surface area contributed by atoms with Crippen LogP contribution in [0.5, 0.6) is 0 Å². The van der Waals surface area contributed by atoms with E-state index in [2.05, 4.69) is 4.72 Å². The van der Waals surface area contributed by atoms with Crippen molar-refractivity contribution in [1.82, 2.24) is 0 Å². The number of nitrogens with one attached hydrogen (secondary N) is 1. The Morgan fingerprint density at radius 3 is 2.00 bits per heavy atom. The first-order chi connectivity index (χ1) is 6.81. The molecule has 0 atom stereocenters. The van der Waals surface area contributed by atoms with Crippen molar-refractivity contribution in [3.8, 4) is 0 Å². The van der Waals surface area contributed by atoms with E-state index in [1.807, 2.05) is 0 Å². The topological polar surface area (TPSA) is 46.2 Å². The van der Waals surface area contributed by atoms with Crippen molar-refractivity contribution in [2.45, 2.75) is 19.1 Å². The maximum absolute atomic E-state index is 12.7. The average Bonchev–Trinajstić information content (AvgIpc) is 1.99. The van der Waals surface area contributed by atoms with Crippen LogP contribution in [-0.4, -0.2) is 13.7 Å². The molecule has 0 aromatic heterocycles. The molecule has 0 amide bonds. The van der Waals surface area contributed by atoms with Gasteiger partial charge in [0.25, 0.3) is 0 Å². The number of halogens is 2. The van der Waals surface area contributed by atoms with E-state index in [-0.39, 0.29) is 5.69 Å². The molecule has 0 saturated carbocycles. The van der Waals surface area contributed by atoms with Gasteiger partial charge in [-0.1, -0.05) is 0 Å². The Morgan fingerprint density at radius 1 is 1.13 bits per heavy atom.